The summed E-state index contributed by atoms with van der Waals surface area (Å²) in [5.41, 5.74) is 1.92. The zero-order chi connectivity index (χ0) is 26.6. The number of amides is 1. The van der Waals surface area contributed by atoms with E-state index in [0.717, 1.165) is 24.3 Å². The summed E-state index contributed by atoms with van der Waals surface area (Å²) in [5.74, 6) is -0.953. The van der Waals surface area contributed by atoms with Crippen molar-refractivity contribution in [1.82, 2.24) is 15.3 Å². The van der Waals surface area contributed by atoms with Crippen LogP contribution in [-0.4, -0.2) is 40.8 Å². The Balaban J connectivity index is 1.47. The minimum absolute atomic E-state index is 0.0615. The Labute approximate surface area is 216 Å². The lowest BCUT2D eigenvalue weighted by atomic mass is 9.95. The molecular formula is C28H33F2N5O2. The number of carbonyl (C=O) groups excluding carboxylic acids is 1. The first-order valence-electron chi connectivity index (χ1n) is 12.4. The summed E-state index contributed by atoms with van der Waals surface area (Å²) >= 11 is 0. The Hall–Kier alpha value is -3.75. The summed E-state index contributed by atoms with van der Waals surface area (Å²) in [4.78, 5) is 23.3. The number of alkyl carbamates (subject to hydrolysis) is 1. The lowest BCUT2D eigenvalue weighted by Crippen LogP contribution is -2.51. The molecule has 1 aliphatic heterocycles. The van der Waals surface area contributed by atoms with Gasteiger partial charge in [-0.05, 0) is 63.4 Å². The number of nitrogens with one attached hydrogen (secondary N) is 2. The molecule has 0 aliphatic carbocycles. The third kappa shape index (κ3) is 6.93. The van der Waals surface area contributed by atoms with Crippen molar-refractivity contribution < 1.29 is 18.3 Å². The highest BCUT2D eigenvalue weighted by atomic mass is 19.1. The highest BCUT2D eigenvalue weighted by molar-refractivity contribution is 5.70. The predicted molar refractivity (Wildman–Crippen MR) is 140 cm³/mol. The molecule has 1 saturated heterocycles. The van der Waals surface area contributed by atoms with E-state index in [1.54, 1.807) is 30.6 Å². The lowest BCUT2D eigenvalue weighted by Gasteiger charge is -2.39. The minimum Gasteiger partial charge on any atom is -0.444 e. The van der Waals surface area contributed by atoms with Crippen molar-refractivity contribution in [2.75, 3.05) is 23.3 Å². The molecule has 2 N–H and O–H groups in total. The number of carbonyl (C=O) groups is 1. The van der Waals surface area contributed by atoms with Gasteiger partial charge >= 0.3 is 6.09 Å². The summed E-state index contributed by atoms with van der Waals surface area (Å²) in [5, 5.41) is 6.37. The van der Waals surface area contributed by atoms with Crippen LogP contribution < -0.4 is 15.5 Å². The summed E-state index contributed by atoms with van der Waals surface area (Å²) in [6.45, 7) is 9.47. The topological polar surface area (TPSA) is 79.4 Å². The van der Waals surface area contributed by atoms with Crippen LogP contribution in [0.5, 0.6) is 0 Å². The quantitative estimate of drug-likeness (QED) is 0.439. The normalized spacial score (nSPS) is 17.8. The Morgan fingerprint density at radius 3 is 2.57 bits per heavy atom. The number of benzene rings is 1. The largest absolute Gasteiger partial charge is 0.444 e. The van der Waals surface area contributed by atoms with Gasteiger partial charge in [-0.1, -0.05) is 19.1 Å². The summed E-state index contributed by atoms with van der Waals surface area (Å²) < 4.78 is 34.0. The van der Waals surface area contributed by atoms with E-state index in [1.165, 1.54) is 18.2 Å². The van der Waals surface area contributed by atoms with Crippen LogP contribution in [0.25, 0.3) is 11.3 Å². The molecule has 2 atom stereocenters. The second-order valence-corrected chi connectivity index (χ2v) is 10.4. The van der Waals surface area contributed by atoms with Gasteiger partial charge in [0.1, 0.15) is 17.2 Å². The van der Waals surface area contributed by atoms with Crippen molar-refractivity contribution in [3.8, 4) is 11.3 Å². The number of hydrogen-bond donors (Lipinski definition) is 2. The standard InChI is InChI=1S/C28H33F2N5O2/c1-18-13-20(34-27(36)37-28(2,3)4)17-35(16-18)25-11-12-31-15-24(25)32-14-19-7-5-10-23(33-19)26-21(29)8-6-9-22(26)30/h5-12,15,18,20,32H,13-14,16-17H2,1-4H3,(H,34,36)/t18-,20+/m1/s1. The number of hydrogen-bond acceptors (Lipinski definition) is 6. The van der Waals surface area contributed by atoms with Gasteiger partial charge in [0.25, 0.3) is 0 Å². The number of nitrogens with zero attached hydrogens (tertiary/aromatic N) is 3. The van der Waals surface area contributed by atoms with Gasteiger partial charge < -0.3 is 20.3 Å². The molecule has 0 radical (unpaired) electrons. The van der Waals surface area contributed by atoms with Crippen molar-refractivity contribution in [3.63, 3.8) is 0 Å². The molecular weight excluding hydrogens is 476 g/mol. The average molecular weight is 510 g/mol. The Bertz CT molecular complexity index is 1230. The molecule has 1 fully saturated rings. The van der Waals surface area contributed by atoms with Crippen molar-refractivity contribution in [2.45, 2.75) is 52.3 Å². The molecule has 0 spiro atoms. The van der Waals surface area contributed by atoms with E-state index < -0.39 is 23.3 Å². The van der Waals surface area contributed by atoms with E-state index in [0.29, 0.717) is 24.7 Å². The molecule has 4 rings (SSSR count). The maximum absolute atomic E-state index is 14.3. The number of pyridine rings is 2. The number of anilines is 2. The van der Waals surface area contributed by atoms with Gasteiger partial charge in [0, 0.05) is 25.3 Å². The molecule has 0 unspecified atom stereocenters. The smallest absolute Gasteiger partial charge is 0.407 e. The fraction of sp³-hybridized carbons (Fsp3) is 0.393. The SMILES string of the molecule is C[C@@H]1C[C@H](NC(=O)OC(C)(C)C)CN(c2ccncc2NCc2cccc(-c3c(F)cccc3F)n2)C1. The third-order valence-electron chi connectivity index (χ3n) is 6.00. The molecule has 3 heterocycles. The maximum atomic E-state index is 14.3. The number of piperidine rings is 1. The summed E-state index contributed by atoms with van der Waals surface area (Å²) in [6.07, 6.45) is 3.91. The first-order valence-corrected chi connectivity index (χ1v) is 12.4. The van der Waals surface area contributed by atoms with Crippen molar-refractivity contribution in [3.05, 3.63) is 72.2 Å². The van der Waals surface area contributed by atoms with Gasteiger partial charge in [-0.2, -0.15) is 0 Å². The molecule has 7 nitrogen and oxygen atoms in total. The van der Waals surface area contributed by atoms with E-state index in [2.05, 4.69) is 32.4 Å². The first kappa shape index (κ1) is 26.3. The Morgan fingerprint density at radius 1 is 1.11 bits per heavy atom. The minimum atomic E-state index is -0.652. The zero-order valence-corrected chi connectivity index (χ0v) is 21.6. The highest BCUT2D eigenvalue weighted by Crippen LogP contribution is 2.30. The fourth-order valence-electron chi connectivity index (χ4n) is 4.57. The van der Waals surface area contributed by atoms with Crippen LogP contribution in [0.15, 0.2) is 54.9 Å². The Kier molecular flexibility index (Phi) is 7.90. The first-order chi connectivity index (χ1) is 17.6. The number of halogens is 2. The molecule has 1 amide bonds. The number of rotatable bonds is 6. The molecule has 0 saturated carbocycles. The second kappa shape index (κ2) is 11.1. The van der Waals surface area contributed by atoms with Crippen LogP contribution in [0.3, 0.4) is 0 Å². The number of ether oxygens (including phenoxy) is 1. The van der Waals surface area contributed by atoms with E-state index in [1.807, 2.05) is 26.8 Å². The third-order valence-corrected chi connectivity index (χ3v) is 6.00. The van der Waals surface area contributed by atoms with Crippen LogP contribution in [0.1, 0.15) is 39.8 Å². The average Bonchev–Trinajstić information content (AvgIpc) is 2.81. The summed E-state index contributed by atoms with van der Waals surface area (Å²) in [6, 6.07) is 10.8. The van der Waals surface area contributed by atoms with Gasteiger partial charge in [0.05, 0.1) is 41.1 Å². The van der Waals surface area contributed by atoms with E-state index in [-0.39, 0.29) is 17.3 Å². The molecule has 196 valence electrons. The fourth-order valence-corrected chi connectivity index (χ4v) is 4.57. The second-order valence-electron chi connectivity index (χ2n) is 10.4. The molecule has 0 bridgehead atoms. The van der Waals surface area contributed by atoms with Gasteiger partial charge in [0.15, 0.2) is 0 Å². The van der Waals surface area contributed by atoms with Crippen molar-refractivity contribution in [2.24, 2.45) is 5.92 Å². The zero-order valence-electron chi connectivity index (χ0n) is 21.6. The van der Waals surface area contributed by atoms with Crippen LogP contribution in [-0.2, 0) is 11.3 Å². The molecule has 2 aromatic heterocycles. The highest BCUT2D eigenvalue weighted by Gasteiger charge is 2.29. The Morgan fingerprint density at radius 2 is 1.84 bits per heavy atom. The van der Waals surface area contributed by atoms with Gasteiger partial charge in [0.2, 0.25) is 0 Å². The summed E-state index contributed by atoms with van der Waals surface area (Å²) in [7, 11) is 0. The molecule has 9 heteroatoms. The van der Waals surface area contributed by atoms with Gasteiger partial charge in [-0.3, -0.25) is 9.97 Å². The maximum Gasteiger partial charge on any atom is 0.407 e. The van der Waals surface area contributed by atoms with Crippen LogP contribution >= 0.6 is 0 Å². The van der Waals surface area contributed by atoms with E-state index >= 15 is 0 Å². The molecule has 3 aromatic rings. The van der Waals surface area contributed by atoms with E-state index in [9.17, 15) is 13.6 Å². The van der Waals surface area contributed by atoms with Crippen LogP contribution in [0, 0.1) is 17.6 Å². The van der Waals surface area contributed by atoms with Crippen LogP contribution in [0.4, 0.5) is 25.0 Å². The van der Waals surface area contributed by atoms with E-state index in [4.69, 9.17) is 4.74 Å². The van der Waals surface area contributed by atoms with Gasteiger partial charge in [-0.15, -0.1) is 0 Å². The van der Waals surface area contributed by atoms with Crippen LogP contribution in [0.2, 0.25) is 0 Å². The predicted octanol–water partition coefficient (Wildman–Crippen LogP) is 5.77. The monoisotopic (exact) mass is 509 g/mol. The van der Waals surface area contributed by atoms with Gasteiger partial charge in [-0.25, -0.2) is 13.6 Å². The molecule has 1 aromatic carbocycles. The molecule has 37 heavy (non-hydrogen) atoms. The van der Waals surface area contributed by atoms with Crippen molar-refractivity contribution >= 4 is 17.5 Å². The number of aromatic nitrogens is 2. The lowest BCUT2D eigenvalue weighted by molar-refractivity contribution is 0.0495. The molecule has 1 aliphatic rings. The van der Waals surface area contributed by atoms with Crippen molar-refractivity contribution in [1.29, 1.82) is 0 Å².